The fourth-order valence-electron chi connectivity index (χ4n) is 1.91. The molecule has 21 heavy (non-hydrogen) atoms. The van der Waals surface area contributed by atoms with Crippen molar-refractivity contribution >= 4 is 11.6 Å². The highest BCUT2D eigenvalue weighted by Crippen LogP contribution is 2.14. The summed E-state index contributed by atoms with van der Waals surface area (Å²) in [5.41, 5.74) is 8.38. The van der Waals surface area contributed by atoms with Gasteiger partial charge in [0.2, 0.25) is 0 Å². The highest BCUT2D eigenvalue weighted by atomic mass is 16.1. The number of aromatic nitrogens is 1. The van der Waals surface area contributed by atoms with E-state index in [2.05, 4.69) is 29.1 Å². The standard InChI is InChI=1S/C17H17N3O/c1-2-13-5-3-7-15(11-13)20-17(21)16-8-10-19-12-14(16)6-4-9-18/h3,5,7-8,10-12H,2,9,18H2,1H3,(H,20,21). The Morgan fingerprint density at radius 2 is 2.24 bits per heavy atom. The lowest BCUT2D eigenvalue weighted by Gasteiger charge is -2.08. The van der Waals surface area contributed by atoms with Crippen molar-refractivity contribution in [2.75, 3.05) is 11.9 Å². The van der Waals surface area contributed by atoms with Crippen LogP contribution in [-0.2, 0) is 6.42 Å². The van der Waals surface area contributed by atoms with E-state index in [4.69, 9.17) is 5.73 Å². The predicted molar refractivity (Wildman–Crippen MR) is 83.9 cm³/mol. The first-order valence-electron chi connectivity index (χ1n) is 6.78. The summed E-state index contributed by atoms with van der Waals surface area (Å²) in [7, 11) is 0. The number of rotatable bonds is 3. The number of anilines is 1. The van der Waals surface area contributed by atoms with Crippen LogP contribution in [0.15, 0.2) is 42.7 Å². The van der Waals surface area contributed by atoms with Crippen LogP contribution in [0.1, 0.15) is 28.4 Å². The molecule has 4 nitrogen and oxygen atoms in total. The van der Waals surface area contributed by atoms with Gasteiger partial charge in [-0.05, 0) is 30.2 Å². The molecule has 0 aliphatic rings. The Morgan fingerprint density at radius 1 is 1.38 bits per heavy atom. The van der Waals surface area contributed by atoms with Crippen molar-refractivity contribution in [3.05, 3.63) is 59.4 Å². The molecule has 0 aliphatic heterocycles. The molecule has 4 heteroatoms. The second-order valence-corrected chi connectivity index (χ2v) is 4.44. The zero-order valence-corrected chi connectivity index (χ0v) is 11.9. The number of aryl methyl sites for hydroxylation is 1. The van der Waals surface area contributed by atoms with Crippen LogP contribution in [0.2, 0.25) is 0 Å². The van der Waals surface area contributed by atoms with E-state index in [0.29, 0.717) is 11.1 Å². The van der Waals surface area contributed by atoms with E-state index in [1.165, 1.54) is 5.56 Å². The molecule has 0 saturated carbocycles. The van der Waals surface area contributed by atoms with Gasteiger partial charge in [-0.25, -0.2) is 0 Å². The largest absolute Gasteiger partial charge is 0.322 e. The molecule has 0 saturated heterocycles. The molecule has 2 rings (SSSR count). The molecule has 3 N–H and O–H groups in total. The first kappa shape index (κ1) is 14.8. The average molecular weight is 279 g/mol. The van der Waals surface area contributed by atoms with Gasteiger partial charge in [0.05, 0.1) is 17.7 Å². The summed E-state index contributed by atoms with van der Waals surface area (Å²) in [6, 6.07) is 9.43. The average Bonchev–Trinajstić information content (AvgIpc) is 2.53. The Hall–Kier alpha value is -2.64. The molecular weight excluding hydrogens is 262 g/mol. The summed E-state index contributed by atoms with van der Waals surface area (Å²) < 4.78 is 0. The summed E-state index contributed by atoms with van der Waals surface area (Å²) in [4.78, 5) is 16.4. The van der Waals surface area contributed by atoms with Gasteiger partial charge in [0.15, 0.2) is 0 Å². The Kier molecular flexibility index (Phi) is 5.08. The third kappa shape index (κ3) is 3.91. The van der Waals surface area contributed by atoms with E-state index in [1.54, 1.807) is 18.5 Å². The van der Waals surface area contributed by atoms with E-state index in [-0.39, 0.29) is 12.5 Å². The van der Waals surface area contributed by atoms with E-state index in [9.17, 15) is 4.79 Å². The van der Waals surface area contributed by atoms with Crippen molar-refractivity contribution < 1.29 is 4.79 Å². The molecule has 1 heterocycles. The summed E-state index contributed by atoms with van der Waals surface area (Å²) in [5, 5.41) is 2.88. The zero-order chi connectivity index (χ0) is 15.1. The van der Waals surface area contributed by atoms with Crippen molar-refractivity contribution in [2.45, 2.75) is 13.3 Å². The number of carbonyl (C=O) groups is 1. The molecule has 0 bridgehead atoms. The summed E-state index contributed by atoms with van der Waals surface area (Å²) >= 11 is 0. The maximum Gasteiger partial charge on any atom is 0.257 e. The van der Waals surface area contributed by atoms with Gasteiger partial charge < -0.3 is 11.1 Å². The van der Waals surface area contributed by atoms with Crippen LogP contribution in [0.25, 0.3) is 0 Å². The van der Waals surface area contributed by atoms with Crippen LogP contribution in [-0.4, -0.2) is 17.4 Å². The second-order valence-electron chi connectivity index (χ2n) is 4.44. The lowest BCUT2D eigenvalue weighted by molar-refractivity contribution is 0.102. The topological polar surface area (TPSA) is 68.0 Å². The van der Waals surface area contributed by atoms with Gasteiger partial charge in [0, 0.05) is 18.1 Å². The van der Waals surface area contributed by atoms with Crippen LogP contribution in [0.5, 0.6) is 0 Å². The van der Waals surface area contributed by atoms with Gasteiger partial charge in [0.1, 0.15) is 0 Å². The fraction of sp³-hybridized carbons (Fsp3) is 0.176. The molecule has 106 valence electrons. The summed E-state index contributed by atoms with van der Waals surface area (Å²) in [5.74, 6) is 5.40. The maximum absolute atomic E-state index is 12.4. The second kappa shape index (κ2) is 7.22. The number of benzene rings is 1. The highest BCUT2D eigenvalue weighted by Gasteiger charge is 2.10. The number of hydrogen-bond donors (Lipinski definition) is 2. The van der Waals surface area contributed by atoms with Crippen LogP contribution >= 0.6 is 0 Å². The SMILES string of the molecule is CCc1cccc(NC(=O)c2ccncc2C#CCN)c1. The molecule has 1 aromatic heterocycles. The number of pyridine rings is 1. The van der Waals surface area contributed by atoms with Gasteiger partial charge in [-0.1, -0.05) is 30.9 Å². The third-order valence-electron chi connectivity index (χ3n) is 2.98. The van der Waals surface area contributed by atoms with Crippen molar-refractivity contribution in [3.8, 4) is 11.8 Å². The zero-order valence-electron chi connectivity index (χ0n) is 11.9. The number of nitrogens with two attached hydrogens (primary N) is 1. The van der Waals surface area contributed by atoms with Gasteiger partial charge in [-0.2, -0.15) is 0 Å². The van der Waals surface area contributed by atoms with Gasteiger partial charge >= 0.3 is 0 Å². The Labute approximate surface area is 124 Å². The molecular formula is C17H17N3O. The van der Waals surface area contributed by atoms with Crippen LogP contribution in [0.3, 0.4) is 0 Å². The Balaban J connectivity index is 2.24. The predicted octanol–water partition coefficient (Wildman–Crippen LogP) is 2.21. The van der Waals surface area contributed by atoms with E-state index >= 15 is 0 Å². The fourth-order valence-corrected chi connectivity index (χ4v) is 1.91. The number of nitrogens with zero attached hydrogens (tertiary/aromatic N) is 1. The van der Waals surface area contributed by atoms with Crippen LogP contribution < -0.4 is 11.1 Å². The molecule has 2 aromatic rings. The van der Waals surface area contributed by atoms with Gasteiger partial charge in [0.25, 0.3) is 5.91 Å². The van der Waals surface area contributed by atoms with E-state index in [1.807, 2.05) is 24.3 Å². The molecule has 0 unspecified atom stereocenters. The van der Waals surface area contributed by atoms with E-state index < -0.39 is 0 Å². The molecule has 0 atom stereocenters. The Morgan fingerprint density at radius 3 is 3.00 bits per heavy atom. The molecule has 0 radical (unpaired) electrons. The number of nitrogens with one attached hydrogen (secondary N) is 1. The maximum atomic E-state index is 12.4. The van der Waals surface area contributed by atoms with Gasteiger partial charge in [-0.3, -0.25) is 9.78 Å². The molecule has 1 amide bonds. The van der Waals surface area contributed by atoms with Gasteiger partial charge in [-0.15, -0.1) is 0 Å². The first-order chi connectivity index (χ1) is 10.2. The number of hydrogen-bond acceptors (Lipinski definition) is 3. The number of amides is 1. The van der Waals surface area contributed by atoms with Crippen molar-refractivity contribution in [2.24, 2.45) is 5.73 Å². The minimum atomic E-state index is -0.202. The lowest BCUT2D eigenvalue weighted by Crippen LogP contribution is -2.14. The van der Waals surface area contributed by atoms with Crippen molar-refractivity contribution in [3.63, 3.8) is 0 Å². The third-order valence-corrected chi connectivity index (χ3v) is 2.98. The van der Waals surface area contributed by atoms with E-state index in [0.717, 1.165) is 12.1 Å². The monoisotopic (exact) mass is 279 g/mol. The van der Waals surface area contributed by atoms with Crippen molar-refractivity contribution in [1.29, 1.82) is 0 Å². The summed E-state index contributed by atoms with van der Waals surface area (Å²) in [6.07, 6.45) is 4.07. The Bertz CT molecular complexity index is 698. The molecule has 0 fully saturated rings. The van der Waals surface area contributed by atoms with Crippen molar-refractivity contribution in [1.82, 2.24) is 4.98 Å². The molecule has 0 spiro atoms. The summed E-state index contributed by atoms with van der Waals surface area (Å²) in [6.45, 7) is 2.32. The normalized spacial score (nSPS) is 9.62. The quantitative estimate of drug-likeness (QED) is 0.846. The highest BCUT2D eigenvalue weighted by molar-refractivity contribution is 6.05. The van der Waals surface area contributed by atoms with Crippen LogP contribution in [0, 0.1) is 11.8 Å². The first-order valence-corrected chi connectivity index (χ1v) is 6.78. The molecule has 1 aromatic carbocycles. The minimum absolute atomic E-state index is 0.202. The minimum Gasteiger partial charge on any atom is -0.322 e. The smallest absolute Gasteiger partial charge is 0.257 e. The number of carbonyl (C=O) groups excluding carboxylic acids is 1. The van der Waals surface area contributed by atoms with Crippen LogP contribution in [0.4, 0.5) is 5.69 Å². The lowest BCUT2D eigenvalue weighted by atomic mass is 10.1. The molecule has 0 aliphatic carbocycles.